The summed E-state index contributed by atoms with van der Waals surface area (Å²) in [5, 5.41) is 2.93. The van der Waals surface area contributed by atoms with Crippen LogP contribution in [0.25, 0.3) is 11.0 Å². The minimum atomic E-state index is -0.152. The fourth-order valence-corrected chi connectivity index (χ4v) is 3.87. The summed E-state index contributed by atoms with van der Waals surface area (Å²) in [6.07, 6.45) is 3.18. The molecule has 4 aromatic rings. The predicted octanol–water partition coefficient (Wildman–Crippen LogP) is 4.49. The van der Waals surface area contributed by atoms with Crippen LogP contribution >= 0.6 is 0 Å². The summed E-state index contributed by atoms with van der Waals surface area (Å²) in [4.78, 5) is 21.1. The Morgan fingerprint density at radius 1 is 1.03 bits per heavy atom. The van der Waals surface area contributed by atoms with E-state index in [2.05, 4.69) is 53.0 Å². The van der Waals surface area contributed by atoms with E-state index in [1.165, 1.54) is 11.1 Å². The molecule has 2 heterocycles. The molecule has 1 amide bonds. The summed E-state index contributed by atoms with van der Waals surface area (Å²) < 4.78 is 8.26. The van der Waals surface area contributed by atoms with Gasteiger partial charge in [-0.05, 0) is 67.8 Å². The number of imidazole rings is 1. The lowest BCUT2D eigenvalue weighted by atomic mass is 10.1. The smallest absolute Gasteiger partial charge is 0.269 e. The molecule has 0 aliphatic carbocycles. The van der Waals surface area contributed by atoms with Crippen LogP contribution in [0.1, 0.15) is 33.9 Å². The summed E-state index contributed by atoms with van der Waals surface area (Å²) in [5.74, 6) is 1.74. The first-order valence-electron chi connectivity index (χ1n) is 10.9. The van der Waals surface area contributed by atoms with Gasteiger partial charge < -0.3 is 14.6 Å². The average Bonchev–Trinajstić information content (AvgIpc) is 3.14. The molecule has 2 aromatic heterocycles. The number of fused-ring (bicyclic) bond motifs is 1. The maximum atomic E-state index is 12.2. The van der Waals surface area contributed by atoms with E-state index in [9.17, 15) is 4.79 Å². The fraction of sp³-hybridized carbons (Fsp3) is 0.269. The van der Waals surface area contributed by atoms with Gasteiger partial charge in [0.2, 0.25) is 0 Å². The van der Waals surface area contributed by atoms with Crippen LogP contribution in [0.15, 0.2) is 66.9 Å². The molecule has 0 atom stereocenters. The minimum Gasteiger partial charge on any atom is -0.492 e. The molecule has 0 saturated carbocycles. The Morgan fingerprint density at radius 3 is 2.59 bits per heavy atom. The normalized spacial score (nSPS) is 10.9. The van der Waals surface area contributed by atoms with Crippen molar-refractivity contribution in [3.05, 3.63) is 89.5 Å². The number of nitrogens with one attached hydrogen (secondary N) is 1. The number of ether oxygens (including phenoxy) is 1. The number of carbonyl (C=O) groups is 1. The summed E-state index contributed by atoms with van der Waals surface area (Å²) >= 11 is 0. The number of hydrogen-bond donors (Lipinski definition) is 1. The van der Waals surface area contributed by atoms with E-state index in [0.717, 1.165) is 35.4 Å². The Bertz CT molecular complexity index is 1180. The molecule has 0 saturated heterocycles. The molecule has 1 N–H and O–H groups in total. The number of benzene rings is 2. The quantitative estimate of drug-likeness (QED) is 0.399. The molecule has 0 unspecified atom stereocenters. The first-order chi connectivity index (χ1) is 15.6. The van der Waals surface area contributed by atoms with Gasteiger partial charge in [0, 0.05) is 19.2 Å². The maximum Gasteiger partial charge on any atom is 0.269 e. The second-order valence-corrected chi connectivity index (χ2v) is 7.91. The van der Waals surface area contributed by atoms with E-state index in [1.807, 2.05) is 24.3 Å². The number of carbonyl (C=O) groups excluding carboxylic acids is 1. The van der Waals surface area contributed by atoms with E-state index < -0.39 is 0 Å². The van der Waals surface area contributed by atoms with Crippen molar-refractivity contribution >= 4 is 16.9 Å². The standard InChI is InChI=1S/C26H28N4O2/c1-19-16-20(2)18-21(17-19)32-15-14-30-24-10-4-3-8-22(24)29-25(30)11-7-13-28-26(31)23-9-5-6-12-27-23/h3-6,8-10,12,16-18H,7,11,13-15H2,1-2H3,(H,28,31). The Labute approximate surface area is 188 Å². The maximum absolute atomic E-state index is 12.2. The summed E-state index contributed by atoms with van der Waals surface area (Å²) in [7, 11) is 0. The third kappa shape index (κ3) is 5.32. The molecule has 0 spiro atoms. The molecule has 2 aromatic carbocycles. The summed E-state index contributed by atoms with van der Waals surface area (Å²) in [6, 6.07) is 19.7. The molecule has 0 aliphatic rings. The largest absolute Gasteiger partial charge is 0.492 e. The van der Waals surface area contributed by atoms with Crippen LogP contribution in [0.3, 0.4) is 0 Å². The van der Waals surface area contributed by atoms with Crippen LogP contribution in [-0.2, 0) is 13.0 Å². The van der Waals surface area contributed by atoms with Gasteiger partial charge >= 0.3 is 0 Å². The van der Waals surface area contributed by atoms with E-state index in [1.54, 1.807) is 18.3 Å². The van der Waals surface area contributed by atoms with Crippen molar-refractivity contribution in [2.24, 2.45) is 0 Å². The van der Waals surface area contributed by atoms with Crippen LogP contribution in [0.4, 0.5) is 0 Å². The Balaban J connectivity index is 1.38. The molecule has 4 rings (SSSR count). The average molecular weight is 429 g/mol. The number of pyridine rings is 1. The van der Waals surface area contributed by atoms with Gasteiger partial charge in [0.1, 0.15) is 23.9 Å². The van der Waals surface area contributed by atoms with E-state index >= 15 is 0 Å². The van der Waals surface area contributed by atoms with Gasteiger partial charge in [-0.2, -0.15) is 0 Å². The van der Waals surface area contributed by atoms with Gasteiger partial charge in [-0.3, -0.25) is 9.78 Å². The zero-order chi connectivity index (χ0) is 22.3. The highest BCUT2D eigenvalue weighted by Crippen LogP contribution is 2.19. The SMILES string of the molecule is Cc1cc(C)cc(OCCn2c(CCCNC(=O)c3ccccn3)nc3ccccc32)c1. The second kappa shape index (κ2) is 10.1. The lowest BCUT2D eigenvalue weighted by Crippen LogP contribution is -2.25. The predicted molar refractivity (Wildman–Crippen MR) is 126 cm³/mol. The highest BCUT2D eigenvalue weighted by Gasteiger charge is 2.11. The van der Waals surface area contributed by atoms with Gasteiger partial charge in [0.15, 0.2) is 0 Å². The topological polar surface area (TPSA) is 69.0 Å². The molecular formula is C26H28N4O2. The number of nitrogens with zero attached hydrogens (tertiary/aromatic N) is 3. The van der Waals surface area contributed by atoms with Gasteiger partial charge in [0.05, 0.1) is 17.6 Å². The first kappa shape index (κ1) is 21.6. The first-order valence-corrected chi connectivity index (χ1v) is 10.9. The van der Waals surface area contributed by atoms with Crippen LogP contribution in [0.2, 0.25) is 0 Å². The van der Waals surface area contributed by atoms with E-state index in [0.29, 0.717) is 25.4 Å². The van der Waals surface area contributed by atoms with Crippen molar-refractivity contribution in [1.82, 2.24) is 19.9 Å². The third-order valence-electron chi connectivity index (χ3n) is 5.27. The Hall–Kier alpha value is -3.67. The number of hydrogen-bond acceptors (Lipinski definition) is 4. The van der Waals surface area contributed by atoms with E-state index in [-0.39, 0.29) is 5.91 Å². The van der Waals surface area contributed by atoms with Crippen molar-refractivity contribution in [1.29, 1.82) is 0 Å². The molecule has 0 fully saturated rings. The molecular weight excluding hydrogens is 400 g/mol. The van der Waals surface area contributed by atoms with Gasteiger partial charge in [-0.15, -0.1) is 0 Å². The van der Waals surface area contributed by atoms with Crippen LogP contribution in [0.5, 0.6) is 5.75 Å². The summed E-state index contributed by atoms with van der Waals surface area (Å²) in [6.45, 7) is 6.00. The lowest BCUT2D eigenvalue weighted by Gasteiger charge is -2.12. The third-order valence-corrected chi connectivity index (χ3v) is 5.27. The van der Waals surface area contributed by atoms with Crippen molar-refractivity contribution in [2.45, 2.75) is 33.2 Å². The number of aryl methyl sites for hydroxylation is 3. The van der Waals surface area contributed by atoms with Gasteiger partial charge in [-0.25, -0.2) is 4.98 Å². The minimum absolute atomic E-state index is 0.152. The van der Waals surface area contributed by atoms with Crippen LogP contribution in [0, 0.1) is 13.8 Å². The van der Waals surface area contributed by atoms with Crippen molar-refractivity contribution in [2.75, 3.05) is 13.2 Å². The van der Waals surface area contributed by atoms with Crippen molar-refractivity contribution < 1.29 is 9.53 Å². The zero-order valence-corrected chi connectivity index (χ0v) is 18.5. The molecule has 164 valence electrons. The molecule has 0 bridgehead atoms. The molecule has 0 radical (unpaired) electrons. The number of rotatable bonds is 9. The van der Waals surface area contributed by atoms with E-state index in [4.69, 9.17) is 9.72 Å². The van der Waals surface area contributed by atoms with Crippen molar-refractivity contribution in [3.8, 4) is 5.75 Å². The molecule has 6 nitrogen and oxygen atoms in total. The van der Waals surface area contributed by atoms with Crippen molar-refractivity contribution in [3.63, 3.8) is 0 Å². The number of aromatic nitrogens is 3. The summed E-state index contributed by atoms with van der Waals surface area (Å²) in [5.41, 5.74) is 4.90. The van der Waals surface area contributed by atoms with Crippen LogP contribution in [-0.4, -0.2) is 33.6 Å². The molecule has 6 heteroatoms. The van der Waals surface area contributed by atoms with Crippen LogP contribution < -0.4 is 10.1 Å². The van der Waals surface area contributed by atoms with Gasteiger partial charge in [0.25, 0.3) is 5.91 Å². The number of para-hydroxylation sites is 2. The highest BCUT2D eigenvalue weighted by atomic mass is 16.5. The van der Waals surface area contributed by atoms with Gasteiger partial charge in [-0.1, -0.05) is 24.3 Å². The lowest BCUT2D eigenvalue weighted by molar-refractivity contribution is 0.0948. The monoisotopic (exact) mass is 428 g/mol. The fourth-order valence-electron chi connectivity index (χ4n) is 3.87. The molecule has 0 aliphatic heterocycles. The Kier molecular flexibility index (Phi) is 6.80. The second-order valence-electron chi connectivity index (χ2n) is 7.91. The Morgan fingerprint density at radius 2 is 1.81 bits per heavy atom. The molecule has 32 heavy (non-hydrogen) atoms. The zero-order valence-electron chi connectivity index (χ0n) is 18.5. The number of amides is 1. The highest BCUT2D eigenvalue weighted by molar-refractivity contribution is 5.92.